The number of aliphatic hydroxyl groups excluding tert-OH is 1. The van der Waals surface area contributed by atoms with Gasteiger partial charge in [0.15, 0.2) is 5.13 Å². The highest BCUT2D eigenvalue weighted by molar-refractivity contribution is 7.15. The molecule has 2 unspecified atom stereocenters. The lowest BCUT2D eigenvalue weighted by Crippen LogP contribution is -2.35. The number of β-amino-alcohol motifs (C(OH)–C–C–N with tert-alkyl or cyclic N) is 1. The molecule has 5 nitrogen and oxygen atoms in total. The van der Waals surface area contributed by atoms with Crippen molar-refractivity contribution in [1.29, 1.82) is 0 Å². The molecule has 2 heterocycles. The molecule has 1 aliphatic rings. The van der Waals surface area contributed by atoms with Crippen LogP contribution in [0.3, 0.4) is 0 Å². The molecule has 130 valence electrons. The zero-order valence-electron chi connectivity index (χ0n) is 12.5. The summed E-state index contributed by atoms with van der Waals surface area (Å²) < 4.78 is 0. The molecule has 0 saturated carbocycles. The Bertz CT molecular complexity index is 726. The number of thiazole rings is 1. The molecule has 1 saturated heterocycles. The molecule has 1 fully saturated rings. The average molecular weight is 409 g/mol. The molecule has 0 aliphatic carbocycles. The number of amides is 1. The minimum Gasteiger partial charge on any atom is -0.392 e. The summed E-state index contributed by atoms with van der Waals surface area (Å²) in [5, 5.41) is 16.8. The van der Waals surface area contributed by atoms with E-state index < -0.39 is 6.10 Å². The first-order chi connectivity index (χ1) is 11.0. The van der Waals surface area contributed by atoms with Crippen LogP contribution >= 0.6 is 46.9 Å². The number of anilines is 1. The number of benzene rings is 1. The Morgan fingerprint density at radius 1 is 1.46 bits per heavy atom. The normalized spacial score (nSPS) is 19.8. The fourth-order valence-corrected chi connectivity index (χ4v) is 3.65. The Hall–Kier alpha value is -0.890. The quantitative estimate of drug-likeness (QED) is 0.726. The number of nitrogens with zero attached hydrogens (tertiary/aromatic N) is 1. The molecule has 2 aromatic rings. The van der Waals surface area contributed by atoms with E-state index in [0.29, 0.717) is 34.6 Å². The third kappa shape index (κ3) is 4.59. The van der Waals surface area contributed by atoms with Crippen LogP contribution in [-0.4, -0.2) is 34.7 Å². The SMILES string of the molecule is Cl.O=C(Nc1ncc(Cc2cccc(Cl)c2Cl)s1)C1CC(O)CN1. The lowest BCUT2D eigenvalue weighted by molar-refractivity contribution is -0.117. The van der Waals surface area contributed by atoms with Gasteiger partial charge in [0, 0.05) is 24.0 Å². The first-order valence-corrected chi connectivity index (χ1v) is 8.70. The predicted molar refractivity (Wildman–Crippen MR) is 99.7 cm³/mol. The van der Waals surface area contributed by atoms with E-state index in [1.165, 1.54) is 11.3 Å². The average Bonchev–Trinajstić information content (AvgIpc) is 3.13. The highest BCUT2D eigenvalue weighted by atomic mass is 35.5. The molecule has 1 aromatic carbocycles. The fourth-order valence-electron chi connectivity index (χ4n) is 2.43. The summed E-state index contributed by atoms with van der Waals surface area (Å²) in [7, 11) is 0. The second-order valence-corrected chi connectivity index (χ2v) is 7.26. The summed E-state index contributed by atoms with van der Waals surface area (Å²) in [6, 6.07) is 5.13. The van der Waals surface area contributed by atoms with Crippen LogP contribution in [0.2, 0.25) is 10.0 Å². The lowest BCUT2D eigenvalue weighted by Gasteiger charge is -2.08. The van der Waals surface area contributed by atoms with Gasteiger partial charge in [0.25, 0.3) is 0 Å². The van der Waals surface area contributed by atoms with Crippen LogP contribution in [0.1, 0.15) is 16.9 Å². The van der Waals surface area contributed by atoms with Gasteiger partial charge in [-0.3, -0.25) is 4.79 Å². The molecule has 0 radical (unpaired) electrons. The molecular formula is C15H16Cl3N3O2S. The van der Waals surface area contributed by atoms with Crippen molar-refractivity contribution in [3.63, 3.8) is 0 Å². The fraction of sp³-hybridized carbons (Fsp3) is 0.333. The van der Waals surface area contributed by atoms with Gasteiger partial charge in [0.1, 0.15) is 0 Å². The molecule has 2 atom stereocenters. The first-order valence-electron chi connectivity index (χ1n) is 7.13. The standard InChI is InChI=1S/C15H15Cl2N3O2S.ClH/c16-11-3-1-2-8(13(11)17)4-10-7-19-15(23-10)20-14(22)12-5-9(21)6-18-12;/h1-3,7,9,12,18,21H,4-6H2,(H,19,20,22);1H. The molecule has 1 amide bonds. The number of aromatic nitrogens is 1. The summed E-state index contributed by atoms with van der Waals surface area (Å²) in [6.07, 6.45) is 2.27. The number of hydrogen-bond acceptors (Lipinski definition) is 5. The molecule has 24 heavy (non-hydrogen) atoms. The van der Waals surface area contributed by atoms with Gasteiger partial charge < -0.3 is 15.7 Å². The highest BCUT2D eigenvalue weighted by Crippen LogP contribution is 2.29. The van der Waals surface area contributed by atoms with Gasteiger partial charge in [-0.25, -0.2) is 4.98 Å². The second kappa shape index (κ2) is 8.47. The van der Waals surface area contributed by atoms with Crippen LogP contribution in [0.25, 0.3) is 0 Å². The van der Waals surface area contributed by atoms with Crippen LogP contribution in [0.4, 0.5) is 5.13 Å². The Balaban J connectivity index is 0.00000208. The molecule has 3 rings (SSSR count). The third-order valence-corrected chi connectivity index (χ3v) is 5.37. The van der Waals surface area contributed by atoms with E-state index in [4.69, 9.17) is 23.2 Å². The molecule has 3 N–H and O–H groups in total. The Labute approximate surface area is 159 Å². The van der Waals surface area contributed by atoms with E-state index in [2.05, 4.69) is 15.6 Å². The number of aliphatic hydroxyl groups is 1. The summed E-state index contributed by atoms with van der Waals surface area (Å²) in [5.41, 5.74) is 0.918. The first kappa shape index (κ1) is 19.4. The van der Waals surface area contributed by atoms with E-state index in [-0.39, 0.29) is 24.4 Å². The van der Waals surface area contributed by atoms with Crippen LogP contribution in [0.15, 0.2) is 24.4 Å². The smallest absolute Gasteiger partial charge is 0.243 e. The zero-order chi connectivity index (χ0) is 16.4. The number of rotatable bonds is 4. The van der Waals surface area contributed by atoms with Crippen molar-refractivity contribution < 1.29 is 9.90 Å². The monoisotopic (exact) mass is 407 g/mol. The Morgan fingerprint density at radius 3 is 2.96 bits per heavy atom. The van der Waals surface area contributed by atoms with Crippen molar-refractivity contribution in [2.75, 3.05) is 11.9 Å². The largest absolute Gasteiger partial charge is 0.392 e. The topological polar surface area (TPSA) is 74.2 Å². The molecule has 0 spiro atoms. The van der Waals surface area contributed by atoms with Crippen molar-refractivity contribution in [2.24, 2.45) is 0 Å². The number of carbonyl (C=O) groups is 1. The van der Waals surface area contributed by atoms with Crippen LogP contribution < -0.4 is 10.6 Å². The van der Waals surface area contributed by atoms with Crippen molar-refractivity contribution >= 4 is 58.0 Å². The summed E-state index contributed by atoms with van der Waals surface area (Å²) >= 11 is 13.6. The van der Waals surface area contributed by atoms with E-state index >= 15 is 0 Å². The van der Waals surface area contributed by atoms with Gasteiger partial charge in [-0.1, -0.05) is 35.3 Å². The van der Waals surface area contributed by atoms with Crippen molar-refractivity contribution in [2.45, 2.75) is 25.0 Å². The van der Waals surface area contributed by atoms with Crippen molar-refractivity contribution in [1.82, 2.24) is 10.3 Å². The number of carbonyl (C=O) groups excluding carboxylic acids is 1. The van der Waals surface area contributed by atoms with Crippen LogP contribution in [-0.2, 0) is 11.2 Å². The molecule has 0 bridgehead atoms. The van der Waals surface area contributed by atoms with Crippen LogP contribution in [0, 0.1) is 0 Å². The minimum atomic E-state index is -0.470. The van der Waals surface area contributed by atoms with E-state index in [0.717, 1.165) is 10.4 Å². The van der Waals surface area contributed by atoms with E-state index in [9.17, 15) is 9.90 Å². The van der Waals surface area contributed by atoms with Crippen LogP contribution in [0.5, 0.6) is 0 Å². The maximum Gasteiger partial charge on any atom is 0.243 e. The van der Waals surface area contributed by atoms with Gasteiger partial charge >= 0.3 is 0 Å². The highest BCUT2D eigenvalue weighted by Gasteiger charge is 2.28. The maximum absolute atomic E-state index is 12.1. The molecule has 1 aromatic heterocycles. The second-order valence-electron chi connectivity index (χ2n) is 5.36. The summed E-state index contributed by atoms with van der Waals surface area (Å²) in [6.45, 7) is 0.439. The third-order valence-electron chi connectivity index (χ3n) is 3.60. The Morgan fingerprint density at radius 2 is 2.25 bits per heavy atom. The zero-order valence-corrected chi connectivity index (χ0v) is 15.6. The van der Waals surface area contributed by atoms with Gasteiger partial charge in [-0.15, -0.1) is 23.7 Å². The minimum absolute atomic E-state index is 0. The number of hydrogen-bond donors (Lipinski definition) is 3. The molecular weight excluding hydrogens is 393 g/mol. The van der Waals surface area contributed by atoms with Gasteiger partial charge in [-0.2, -0.15) is 0 Å². The van der Waals surface area contributed by atoms with E-state index in [1.54, 1.807) is 12.3 Å². The van der Waals surface area contributed by atoms with Crippen molar-refractivity contribution in [3.8, 4) is 0 Å². The van der Waals surface area contributed by atoms with Gasteiger partial charge in [0.05, 0.1) is 22.2 Å². The van der Waals surface area contributed by atoms with Gasteiger partial charge in [0.2, 0.25) is 5.91 Å². The maximum atomic E-state index is 12.1. The summed E-state index contributed by atoms with van der Waals surface area (Å²) in [5.74, 6) is -0.178. The predicted octanol–water partition coefficient (Wildman–Crippen LogP) is 3.12. The number of nitrogens with one attached hydrogen (secondary N) is 2. The molecule has 9 heteroatoms. The van der Waals surface area contributed by atoms with Crippen molar-refractivity contribution in [3.05, 3.63) is 44.9 Å². The number of halogens is 3. The lowest BCUT2D eigenvalue weighted by atomic mass is 10.1. The summed E-state index contributed by atoms with van der Waals surface area (Å²) in [4.78, 5) is 17.3. The molecule has 1 aliphatic heterocycles. The Kier molecular flexibility index (Phi) is 6.86. The van der Waals surface area contributed by atoms with Gasteiger partial charge in [-0.05, 0) is 18.1 Å². The van der Waals surface area contributed by atoms with E-state index in [1.807, 2.05) is 12.1 Å².